The molecule has 7 heteroatoms. The summed E-state index contributed by atoms with van der Waals surface area (Å²) in [5.74, 6) is -0.899. The lowest BCUT2D eigenvalue weighted by Crippen LogP contribution is -2.43. The first kappa shape index (κ1) is 20.9. The van der Waals surface area contributed by atoms with Crippen molar-refractivity contribution in [1.82, 2.24) is 0 Å². The van der Waals surface area contributed by atoms with E-state index in [-0.39, 0.29) is 17.7 Å². The van der Waals surface area contributed by atoms with Crippen LogP contribution in [-0.2, 0) is 19.0 Å². The van der Waals surface area contributed by atoms with Crippen LogP contribution in [-0.4, -0.2) is 28.4 Å². The van der Waals surface area contributed by atoms with Crippen LogP contribution in [0.2, 0.25) is 0 Å². The minimum absolute atomic E-state index is 0.0206. The molecule has 1 aliphatic heterocycles. The Morgan fingerprint density at radius 3 is 2.45 bits per heavy atom. The van der Waals surface area contributed by atoms with E-state index in [4.69, 9.17) is 4.74 Å². The second kappa shape index (κ2) is 7.74. The first-order valence-electron chi connectivity index (χ1n) is 9.62. The van der Waals surface area contributed by atoms with Crippen molar-refractivity contribution in [2.45, 2.75) is 24.6 Å². The van der Waals surface area contributed by atoms with Crippen molar-refractivity contribution < 1.29 is 32.9 Å². The molecular formula is C24H19F3O4. The highest BCUT2D eigenvalue weighted by molar-refractivity contribution is 5.96. The number of fused-ring (bicyclic) bond motifs is 1. The summed E-state index contributed by atoms with van der Waals surface area (Å²) in [6, 6.07) is 16.8. The van der Waals surface area contributed by atoms with Crippen LogP contribution in [0.5, 0.6) is 5.75 Å². The fraction of sp³-hybridized carbons (Fsp3) is 0.208. The van der Waals surface area contributed by atoms with Gasteiger partial charge in [-0.3, -0.25) is 0 Å². The molecule has 0 bridgehead atoms. The number of carboxylic acid groups (broad SMARTS) is 1. The van der Waals surface area contributed by atoms with E-state index in [1.165, 1.54) is 6.07 Å². The summed E-state index contributed by atoms with van der Waals surface area (Å²) >= 11 is 0. The van der Waals surface area contributed by atoms with Crippen LogP contribution >= 0.6 is 0 Å². The molecule has 0 saturated heterocycles. The van der Waals surface area contributed by atoms with Crippen LogP contribution in [0.3, 0.4) is 0 Å². The van der Waals surface area contributed by atoms with Crippen LogP contribution in [0.1, 0.15) is 27.0 Å². The number of hydrogen-bond donors (Lipinski definition) is 2. The normalized spacial score (nSPS) is 18.2. The molecule has 0 aromatic heterocycles. The number of aromatic carboxylic acids is 1. The molecule has 4 rings (SSSR count). The predicted octanol–water partition coefficient (Wildman–Crippen LogP) is 4.98. The fourth-order valence-corrected chi connectivity index (χ4v) is 3.86. The number of carbonyl (C=O) groups is 1. The minimum Gasteiger partial charge on any atom is -0.490 e. The lowest BCUT2D eigenvalue weighted by Gasteiger charge is -2.34. The number of ether oxygens (including phenoxy) is 1. The van der Waals surface area contributed by atoms with Crippen molar-refractivity contribution in [2.24, 2.45) is 0 Å². The Kier molecular flexibility index (Phi) is 5.23. The third-order valence-electron chi connectivity index (χ3n) is 5.35. The number of rotatable bonds is 4. The summed E-state index contributed by atoms with van der Waals surface area (Å²) in [6.45, 7) is 0.0206. The number of alkyl halides is 3. The molecule has 0 radical (unpaired) electrons. The van der Waals surface area contributed by atoms with Gasteiger partial charge in [0.25, 0.3) is 0 Å². The standard InChI is InChI=1S/C24H19F3O4/c25-24(26,27)18-8-9-19(22(28)29)20(11-18)16-6-7-17-13-23(30,14-31-21(17)10-16)12-15-4-2-1-3-5-15/h1-11,30H,12-14H2,(H,28,29). The summed E-state index contributed by atoms with van der Waals surface area (Å²) < 4.78 is 45.2. The summed E-state index contributed by atoms with van der Waals surface area (Å²) in [6.07, 6.45) is -3.89. The van der Waals surface area contributed by atoms with Gasteiger partial charge in [-0.1, -0.05) is 42.5 Å². The van der Waals surface area contributed by atoms with Gasteiger partial charge in [-0.05, 0) is 46.5 Å². The third-order valence-corrected chi connectivity index (χ3v) is 5.35. The molecule has 0 spiro atoms. The van der Waals surface area contributed by atoms with E-state index in [1.54, 1.807) is 12.1 Å². The van der Waals surface area contributed by atoms with Gasteiger partial charge >= 0.3 is 12.1 Å². The second-order valence-corrected chi connectivity index (χ2v) is 7.74. The smallest absolute Gasteiger partial charge is 0.416 e. The Bertz CT molecular complexity index is 1130. The highest BCUT2D eigenvalue weighted by atomic mass is 19.4. The monoisotopic (exact) mass is 428 g/mol. The average molecular weight is 428 g/mol. The molecule has 1 aliphatic rings. The molecule has 2 N–H and O–H groups in total. The number of carboxylic acids is 1. The Labute approximate surface area is 176 Å². The molecule has 1 unspecified atom stereocenters. The van der Waals surface area contributed by atoms with Crippen LogP contribution in [0.25, 0.3) is 11.1 Å². The van der Waals surface area contributed by atoms with Crippen LogP contribution in [0.15, 0.2) is 66.7 Å². The van der Waals surface area contributed by atoms with Crippen molar-refractivity contribution in [3.05, 3.63) is 89.0 Å². The number of halogens is 3. The molecule has 160 valence electrons. The van der Waals surface area contributed by atoms with E-state index in [0.717, 1.165) is 23.8 Å². The van der Waals surface area contributed by atoms with Gasteiger partial charge < -0.3 is 14.9 Å². The highest BCUT2D eigenvalue weighted by Gasteiger charge is 2.35. The fourth-order valence-electron chi connectivity index (χ4n) is 3.86. The number of benzene rings is 3. The van der Waals surface area contributed by atoms with Gasteiger partial charge in [0.15, 0.2) is 0 Å². The maximum atomic E-state index is 13.2. The first-order chi connectivity index (χ1) is 14.6. The average Bonchev–Trinajstić information content (AvgIpc) is 2.72. The molecular weight excluding hydrogens is 409 g/mol. The lowest BCUT2D eigenvalue weighted by atomic mass is 9.85. The lowest BCUT2D eigenvalue weighted by molar-refractivity contribution is -0.137. The minimum atomic E-state index is -4.59. The molecule has 31 heavy (non-hydrogen) atoms. The molecule has 3 aromatic carbocycles. The van der Waals surface area contributed by atoms with Crippen molar-refractivity contribution in [3.8, 4) is 16.9 Å². The van der Waals surface area contributed by atoms with Gasteiger partial charge in [0.05, 0.1) is 11.1 Å². The zero-order valence-electron chi connectivity index (χ0n) is 16.3. The molecule has 1 heterocycles. The predicted molar refractivity (Wildman–Crippen MR) is 108 cm³/mol. The Morgan fingerprint density at radius 2 is 1.77 bits per heavy atom. The number of aliphatic hydroxyl groups is 1. The largest absolute Gasteiger partial charge is 0.490 e. The van der Waals surface area contributed by atoms with Gasteiger partial charge in [-0.15, -0.1) is 0 Å². The molecule has 0 aliphatic carbocycles. The SMILES string of the molecule is O=C(O)c1ccc(C(F)(F)F)cc1-c1ccc2c(c1)OCC(O)(Cc1ccccc1)C2. The summed E-state index contributed by atoms with van der Waals surface area (Å²) in [4.78, 5) is 11.6. The van der Waals surface area contributed by atoms with Gasteiger partial charge in [0.2, 0.25) is 0 Å². The van der Waals surface area contributed by atoms with Crippen molar-refractivity contribution in [1.29, 1.82) is 0 Å². The molecule has 0 saturated carbocycles. The summed E-state index contributed by atoms with van der Waals surface area (Å²) in [5, 5.41) is 20.4. The van der Waals surface area contributed by atoms with E-state index in [2.05, 4.69) is 0 Å². The number of hydrogen-bond acceptors (Lipinski definition) is 3. The Balaban J connectivity index is 1.67. The molecule has 1 atom stereocenters. The molecule has 4 nitrogen and oxygen atoms in total. The Morgan fingerprint density at radius 1 is 1.03 bits per heavy atom. The topological polar surface area (TPSA) is 66.8 Å². The summed E-state index contributed by atoms with van der Waals surface area (Å²) in [7, 11) is 0. The molecule has 0 amide bonds. The van der Waals surface area contributed by atoms with E-state index >= 15 is 0 Å². The second-order valence-electron chi connectivity index (χ2n) is 7.74. The van der Waals surface area contributed by atoms with E-state index < -0.39 is 23.3 Å². The van der Waals surface area contributed by atoms with E-state index in [9.17, 15) is 28.2 Å². The van der Waals surface area contributed by atoms with Gasteiger partial charge in [0.1, 0.15) is 18.0 Å². The zero-order valence-corrected chi connectivity index (χ0v) is 16.3. The van der Waals surface area contributed by atoms with Gasteiger partial charge in [0, 0.05) is 12.8 Å². The van der Waals surface area contributed by atoms with Crippen molar-refractivity contribution >= 4 is 5.97 Å². The van der Waals surface area contributed by atoms with Gasteiger partial charge in [-0.25, -0.2) is 4.79 Å². The van der Waals surface area contributed by atoms with Crippen LogP contribution in [0, 0.1) is 0 Å². The maximum absolute atomic E-state index is 13.2. The van der Waals surface area contributed by atoms with Crippen LogP contribution in [0.4, 0.5) is 13.2 Å². The van der Waals surface area contributed by atoms with E-state index in [1.807, 2.05) is 30.3 Å². The molecule has 0 fully saturated rings. The highest BCUT2D eigenvalue weighted by Crippen LogP contribution is 2.38. The zero-order chi connectivity index (χ0) is 22.2. The van der Waals surface area contributed by atoms with Gasteiger partial charge in [-0.2, -0.15) is 13.2 Å². The summed E-state index contributed by atoms with van der Waals surface area (Å²) in [5.41, 5.74) is -0.346. The van der Waals surface area contributed by atoms with E-state index in [0.29, 0.717) is 29.7 Å². The maximum Gasteiger partial charge on any atom is 0.416 e. The van der Waals surface area contributed by atoms with Crippen molar-refractivity contribution in [2.75, 3.05) is 6.61 Å². The van der Waals surface area contributed by atoms with Crippen LogP contribution < -0.4 is 4.74 Å². The first-order valence-corrected chi connectivity index (χ1v) is 9.62. The molecule has 3 aromatic rings. The quantitative estimate of drug-likeness (QED) is 0.615. The van der Waals surface area contributed by atoms with Crippen molar-refractivity contribution in [3.63, 3.8) is 0 Å². The third kappa shape index (κ3) is 4.41. The Hall–Kier alpha value is -3.32.